The molecule has 0 unspecified atom stereocenters. The van der Waals surface area contributed by atoms with Crippen LogP contribution in [0.25, 0.3) is 0 Å². The maximum Gasteiger partial charge on any atom is 0.396 e. The summed E-state index contributed by atoms with van der Waals surface area (Å²) in [4.78, 5) is 33.9. The lowest BCUT2D eigenvalue weighted by molar-refractivity contribution is -0.148. The van der Waals surface area contributed by atoms with Crippen molar-refractivity contribution in [3.05, 3.63) is 47.8 Å². The zero-order valence-electron chi connectivity index (χ0n) is 12.5. The van der Waals surface area contributed by atoms with E-state index in [1.807, 2.05) is 18.2 Å². The van der Waals surface area contributed by atoms with Crippen molar-refractivity contribution in [1.82, 2.24) is 4.68 Å². The Balaban J connectivity index is 2.41. The van der Waals surface area contributed by atoms with Crippen molar-refractivity contribution in [3.63, 3.8) is 0 Å². The number of aromatic nitrogens is 1. The van der Waals surface area contributed by atoms with Crippen LogP contribution in [0.15, 0.2) is 36.5 Å². The van der Waals surface area contributed by atoms with Crippen molar-refractivity contribution < 1.29 is 24.2 Å². The molecule has 120 valence electrons. The van der Waals surface area contributed by atoms with Crippen LogP contribution in [0.4, 0.5) is 11.4 Å². The molecule has 1 aromatic carbocycles. The highest BCUT2D eigenvalue weighted by Gasteiger charge is 2.22. The van der Waals surface area contributed by atoms with E-state index in [4.69, 9.17) is 9.84 Å². The van der Waals surface area contributed by atoms with E-state index in [1.54, 1.807) is 19.1 Å². The van der Waals surface area contributed by atoms with Crippen LogP contribution in [0.2, 0.25) is 0 Å². The summed E-state index contributed by atoms with van der Waals surface area (Å²) in [6.07, 6.45) is 1.41. The number of nitrogens with zero attached hydrogens (tertiary/aromatic N) is 1. The Labute approximate surface area is 131 Å². The third-order valence-corrected chi connectivity index (χ3v) is 3.11. The van der Waals surface area contributed by atoms with E-state index in [-0.39, 0.29) is 5.56 Å². The van der Waals surface area contributed by atoms with E-state index < -0.39 is 17.8 Å². The molecule has 2 aromatic rings. The highest BCUT2D eigenvalue weighted by atomic mass is 16.5. The van der Waals surface area contributed by atoms with Gasteiger partial charge in [-0.05, 0) is 19.1 Å². The van der Waals surface area contributed by atoms with Gasteiger partial charge in [-0.25, -0.2) is 9.59 Å². The van der Waals surface area contributed by atoms with E-state index in [9.17, 15) is 14.4 Å². The second kappa shape index (κ2) is 6.65. The van der Waals surface area contributed by atoms with Gasteiger partial charge in [-0.1, -0.05) is 18.2 Å². The smallest absolute Gasteiger partial charge is 0.396 e. The van der Waals surface area contributed by atoms with Crippen molar-refractivity contribution >= 4 is 29.2 Å². The summed E-state index contributed by atoms with van der Waals surface area (Å²) in [5.41, 5.74) is 3.80. The first kappa shape index (κ1) is 16.1. The molecule has 3 N–H and O–H groups in total. The second-order valence-corrected chi connectivity index (χ2v) is 4.60. The molecule has 1 heterocycles. The summed E-state index contributed by atoms with van der Waals surface area (Å²) in [6.45, 7) is 1.56. The zero-order chi connectivity index (χ0) is 17.0. The number of carboxylic acid groups (broad SMARTS) is 1. The number of benzene rings is 1. The van der Waals surface area contributed by atoms with Crippen LogP contribution >= 0.6 is 0 Å². The van der Waals surface area contributed by atoms with Gasteiger partial charge in [-0.3, -0.25) is 14.9 Å². The summed E-state index contributed by atoms with van der Waals surface area (Å²) >= 11 is 0. The van der Waals surface area contributed by atoms with Crippen LogP contribution in [0.3, 0.4) is 0 Å². The molecule has 0 fully saturated rings. The molecule has 0 atom stereocenters. The number of esters is 1. The van der Waals surface area contributed by atoms with Crippen LogP contribution < -0.4 is 10.7 Å². The molecule has 8 nitrogen and oxygen atoms in total. The predicted molar refractivity (Wildman–Crippen MR) is 82.2 cm³/mol. The van der Waals surface area contributed by atoms with Gasteiger partial charge in [-0.15, -0.1) is 0 Å². The summed E-state index contributed by atoms with van der Waals surface area (Å²) in [5.74, 6) is -3.45. The maximum absolute atomic E-state index is 12.0. The lowest BCUT2D eigenvalue weighted by atomic mass is 10.2. The fourth-order valence-electron chi connectivity index (χ4n) is 2.01. The number of ether oxygens (including phenoxy) is 1. The number of carbonyl (C=O) groups is 3. The first-order valence-electron chi connectivity index (χ1n) is 6.60. The highest BCUT2D eigenvalue weighted by molar-refractivity contribution is 6.34. The van der Waals surface area contributed by atoms with Crippen LogP contribution in [-0.2, 0) is 14.3 Å². The fourth-order valence-corrected chi connectivity index (χ4v) is 2.01. The van der Waals surface area contributed by atoms with Crippen molar-refractivity contribution in [2.24, 2.45) is 0 Å². The number of amides is 1. The second-order valence-electron chi connectivity index (χ2n) is 4.60. The van der Waals surface area contributed by atoms with E-state index in [0.717, 1.165) is 10.4 Å². The molecule has 0 saturated carbocycles. The van der Waals surface area contributed by atoms with Crippen LogP contribution in [-0.4, -0.2) is 34.7 Å². The molecule has 23 heavy (non-hydrogen) atoms. The predicted octanol–water partition coefficient (Wildman–Crippen LogP) is 1.48. The SMILES string of the molecule is COC(=O)c1c(Nc2ccccc2)cn(NC(=O)C(=O)O)c1C. The molecule has 0 aliphatic carbocycles. The number of methoxy groups -OCH3 is 1. The highest BCUT2D eigenvalue weighted by Crippen LogP contribution is 2.26. The van der Waals surface area contributed by atoms with Gasteiger partial charge < -0.3 is 15.2 Å². The van der Waals surface area contributed by atoms with E-state index in [2.05, 4.69) is 10.7 Å². The van der Waals surface area contributed by atoms with Gasteiger partial charge in [0.2, 0.25) is 0 Å². The lowest BCUT2D eigenvalue weighted by Crippen LogP contribution is -2.29. The molecule has 0 aliphatic rings. The normalized spacial score (nSPS) is 10.0. The first-order chi connectivity index (χ1) is 10.9. The largest absolute Gasteiger partial charge is 0.474 e. The lowest BCUT2D eigenvalue weighted by Gasteiger charge is -2.07. The van der Waals surface area contributed by atoms with E-state index in [1.165, 1.54) is 13.3 Å². The quantitative estimate of drug-likeness (QED) is 0.582. The van der Waals surface area contributed by atoms with Gasteiger partial charge >= 0.3 is 17.8 Å². The molecule has 0 bridgehead atoms. The summed E-state index contributed by atoms with van der Waals surface area (Å²) < 4.78 is 5.90. The number of carboxylic acids is 1. The Morgan fingerprint density at radius 1 is 1.17 bits per heavy atom. The van der Waals surface area contributed by atoms with Gasteiger partial charge in [0.15, 0.2) is 0 Å². The zero-order valence-corrected chi connectivity index (χ0v) is 12.5. The first-order valence-corrected chi connectivity index (χ1v) is 6.60. The average molecular weight is 317 g/mol. The van der Waals surface area contributed by atoms with Crippen LogP contribution in [0.1, 0.15) is 16.1 Å². The Kier molecular flexibility index (Phi) is 4.65. The minimum atomic E-state index is -1.63. The molecule has 1 amide bonds. The monoisotopic (exact) mass is 317 g/mol. The standard InChI is InChI=1S/C15H15N3O5/c1-9-12(15(22)23-2)11(16-10-6-4-3-5-7-10)8-18(9)17-13(19)14(20)21/h3-8,16H,1-2H3,(H,17,19)(H,20,21). The molecular weight excluding hydrogens is 302 g/mol. The van der Waals surface area contributed by atoms with E-state index >= 15 is 0 Å². The number of nitrogens with one attached hydrogen (secondary N) is 2. The molecule has 0 spiro atoms. The van der Waals surface area contributed by atoms with Crippen LogP contribution in [0, 0.1) is 6.92 Å². The number of hydrogen-bond donors (Lipinski definition) is 3. The Morgan fingerprint density at radius 2 is 1.83 bits per heavy atom. The van der Waals surface area contributed by atoms with Gasteiger partial charge in [0.05, 0.1) is 24.7 Å². The minimum Gasteiger partial charge on any atom is -0.474 e. The molecule has 2 rings (SSSR count). The number of para-hydroxylation sites is 1. The Bertz CT molecular complexity index is 752. The fraction of sp³-hybridized carbons (Fsp3) is 0.133. The number of hydrogen-bond acceptors (Lipinski definition) is 5. The molecule has 8 heteroatoms. The Morgan fingerprint density at radius 3 is 2.39 bits per heavy atom. The molecule has 0 saturated heterocycles. The average Bonchev–Trinajstić information content (AvgIpc) is 2.83. The van der Waals surface area contributed by atoms with E-state index in [0.29, 0.717) is 11.4 Å². The summed E-state index contributed by atoms with van der Waals surface area (Å²) in [7, 11) is 1.24. The third-order valence-electron chi connectivity index (χ3n) is 3.11. The summed E-state index contributed by atoms with van der Waals surface area (Å²) in [5, 5.41) is 11.7. The van der Waals surface area contributed by atoms with Crippen LogP contribution in [0.5, 0.6) is 0 Å². The number of anilines is 2. The number of carbonyl (C=O) groups excluding carboxylic acids is 2. The molecule has 1 aromatic heterocycles. The third kappa shape index (κ3) is 3.49. The molecule has 0 radical (unpaired) electrons. The number of aliphatic carboxylic acids is 1. The van der Waals surface area contributed by atoms with Gasteiger partial charge in [0.25, 0.3) is 0 Å². The molecule has 0 aliphatic heterocycles. The van der Waals surface area contributed by atoms with Crippen molar-refractivity contribution in [2.45, 2.75) is 6.92 Å². The number of rotatable bonds is 4. The maximum atomic E-state index is 12.0. The van der Waals surface area contributed by atoms with Crippen molar-refractivity contribution in [3.8, 4) is 0 Å². The van der Waals surface area contributed by atoms with Gasteiger partial charge in [-0.2, -0.15) is 0 Å². The van der Waals surface area contributed by atoms with Gasteiger partial charge in [0, 0.05) is 5.69 Å². The summed E-state index contributed by atoms with van der Waals surface area (Å²) in [6, 6.07) is 9.06. The van der Waals surface area contributed by atoms with Crippen molar-refractivity contribution in [2.75, 3.05) is 17.9 Å². The van der Waals surface area contributed by atoms with Gasteiger partial charge in [0.1, 0.15) is 5.56 Å². The van der Waals surface area contributed by atoms with Crippen molar-refractivity contribution in [1.29, 1.82) is 0 Å². The Hall–Kier alpha value is -3.29. The minimum absolute atomic E-state index is 0.196. The topological polar surface area (TPSA) is 110 Å². The molecular formula is C15H15N3O5.